The van der Waals surface area contributed by atoms with Crippen LogP contribution in [0.3, 0.4) is 0 Å². The first kappa shape index (κ1) is 18.2. The minimum atomic E-state index is -0.0180. The number of ether oxygens (including phenoxy) is 5. The van der Waals surface area contributed by atoms with Crippen LogP contribution in [0, 0.1) is 0 Å². The molecule has 2 aromatic rings. The summed E-state index contributed by atoms with van der Waals surface area (Å²) in [5.74, 6) is 2.74. The molecule has 0 saturated heterocycles. The maximum Gasteiger partial charge on any atom is 0.293 e. The molecule has 0 heterocycles. The highest BCUT2D eigenvalue weighted by atomic mass is 16.6. The fourth-order valence-electron chi connectivity index (χ4n) is 2.19. The van der Waals surface area contributed by atoms with E-state index in [9.17, 15) is 4.79 Å². The zero-order valence-corrected chi connectivity index (χ0v) is 14.4. The average Bonchev–Trinajstić information content (AvgIpc) is 2.66. The highest BCUT2D eigenvalue weighted by molar-refractivity contribution is 5.58. The number of carbonyl (C=O) groups excluding carboxylic acids is 1. The topological polar surface area (TPSA) is 63.2 Å². The zero-order chi connectivity index (χ0) is 18.1. The van der Waals surface area contributed by atoms with Crippen molar-refractivity contribution in [1.29, 1.82) is 0 Å². The van der Waals surface area contributed by atoms with Gasteiger partial charge in [-0.05, 0) is 35.9 Å². The Kier molecular flexibility index (Phi) is 6.71. The number of benzene rings is 2. The quantitative estimate of drug-likeness (QED) is 0.514. The van der Waals surface area contributed by atoms with Gasteiger partial charge in [-0.1, -0.05) is 18.2 Å². The normalized spacial score (nSPS) is 10.8. The molecule has 0 N–H and O–H groups in total. The van der Waals surface area contributed by atoms with Crippen LogP contribution in [0.25, 0.3) is 6.08 Å². The SMILES string of the molecule is COc1ccc(/C=C(/COC=O)Oc2ccccc2OC)cc1OC. The van der Waals surface area contributed by atoms with Crippen molar-refractivity contribution in [3.8, 4) is 23.0 Å². The summed E-state index contributed by atoms with van der Waals surface area (Å²) in [6.07, 6.45) is 1.75. The number of hydrogen-bond acceptors (Lipinski definition) is 6. The molecular weight excluding hydrogens is 324 g/mol. The number of para-hydroxylation sites is 2. The van der Waals surface area contributed by atoms with Gasteiger partial charge in [0.1, 0.15) is 12.4 Å². The van der Waals surface area contributed by atoms with Crippen molar-refractivity contribution in [2.24, 2.45) is 0 Å². The molecule has 2 rings (SSSR count). The number of carbonyl (C=O) groups is 1. The lowest BCUT2D eigenvalue weighted by Gasteiger charge is -2.13. The maximum absolute atomic E-state index is 10.6. The fourth-order valence-corrected chi connectivity index (χ4v) is 2.19. The first-order chi connectivity index (χ1) is 12.2. The summed E-state index contributed by atoms with van der Waals surface area (Å²) in [7, 11) is 4.69. The van der Waals surface area contributed by atoms with Crippen LogP contribution in [-0.4, -0.2) is 34.4 Å². The van der Waals surface area contributed by atoms with E-state index in [4.69, 9.17) is 23.7 Å². The van der Waals surface area contributed by atoms with Crippen LogP contribution in [0.1, 0.15) is 5.56 Å². The molecule has 0 amide bonds. The minimum absolute atomic E-state index is 0.0180. The van der Waals surface area contributed by atoms with Gasteiger partial charge in [-0.15, -0.1) is 0 Å². The van der Waals surface area contributed by atoms with Crippen LogP contribution in [0.5, 0.6) is 23.0 Å². The van der Waals surface area contributed by atoms with Gasteiger partial charge in [-0.3, -0.25) is 4.79 Å². The van der Waals surface area contributed by atoms with Crippen LogP contribution in [-0.2, 0) is 9.53 Å². The molecule has 0 unspecified atom stereocenters. The van der Waals surface area contributed by atoms with Gasteiger partial charge in [0.2, 0.25) is 0 Å². The van der Waals surface area contributed by atoms with E-state index in [-0.39, 0.29) is 6.61 Å². The second-order valence-corrected chi connectivity index (χ2v) is 4.89. The Morgan fingerprint density at radius 3 is 2.16 bits per heavy atom. The summed E-state index contributed by atoms with van der Waals surface area (Å²) >= 11 is 0. The summed E-state index contributed by atoms with van der Waals surface area (Å²) < 4.78 is 26.5. The Labute approximate surface area is 146 Å². The Morgan fingerprint density at radius 2 is 1.52 bits per heavy atom. The van der Waals surface area contributed by atoms with Crippen molar-refractivity contribution in [2.45, 2.75) is 0 Å². The Bertz CT molecular complexity index is 738. The van der Waals surface area contributed by atoms with Crippen LogP contribution in [0.2, 0.25) is 0 Å². The molecule has 0 aliphatic rings. The van der Waals surface area contributed by atoms with Crippen molar-refractivity contribution >= 4 is 12.5 Å². The standard InChI is InChI=1S/C19H20O6/c1-21-16-6-4-5-7-18(16)25-15(12-24-13-20)10-14-8-9-17(22-2)19(11-14)23-3/h4-11,13H,12H2,1-3H3/b15-10-. The smallest absolute Gasteiger partial charge is 0.293 e. The van der Waals surface area contributed by atoms with E-state index in [1.165, 1.54) is 0 Å². The van der Waals surface area contributed by atoms with Gasteiger partial charge in [0.15, 0.2) is 23.0 Å². The van der Waals surface area contributed by atoms with Gasteiger partial charge < -0.3 is 23.7 Å². The van der Waals surface area contributed by atoms with Crippen LogP contribution in [0.4, 0.5) is 0 Å². The fraction of sp³-hybridized carbons (Fsp3) is 0.211. The molecule has 0 bridgehead atoms. The zero-order valence-electron chi connectivity index (χ0n) is 14.4. The van der Waals surface area contributed by atoms with E-state index < -0.39 is 0 Å². The summed E-state index contributed by atoms with van der Waals surface area (Å²) in [5.41, 5.74) is 0.803. The van der Waals surface area contributed by atoms with E-state index in [1.54, 1.807) is 51.7 Å². The van der Waals surface area contributed by atoms with Crippen molar-refractivity contribution in [3.05, 3.63) is 53.8 Å². The molecule has 0 fully saturated rings. The van der Waals surface area contributed by atoms with Crippen LogP contribution in [0.15, 0.2) is 48.2 Å². The summed E-state index contributed by atoms with van der Waals surface area (Å²) in [4.78, 5) is 10.6. The lowest BCUT2D eigenvalue weighted by Crippen LogP contribution is -2.05. The van der Waals surface area contributed by atoms with Crippen molar-refractivity contribution in [3.63, 3.8) is 0 Å². The van der Waals surface area contributed by atoms with E-state index in [0.717, 1.165) is 5.56 Å². The maximum atomic E-state index is 10.6. The van der Waals surface area contributed by atoms with Crippen LogP contribution < -0.4 is 18.9 Å². The van der Waals surface area contributed by atoms with Gasteiger partial charge in [-0.2, -0.15) is 0 Å². The van der Waals surface area contributed by atoms with Crippen molar-refractivity contribution in [1.82, 2.24) is 0 Å². The highest BCUT2D eigenvalue weighted by Gasteiger charge is 2.09. The van der Waals surface area contributed by atoms with Gasteiger partial charge in [0.25, 0.3) is 6.47 Å². The first-order valence-corrected chi connectivity index (χ1v) is 7.50. The van der Waals surface area contributed by atoms with E-state index in [0.29, 0.717) is 35.2 Å². The molecule has 2 aromatic carbocycles. The molecule has 0 radical (unpaired) electrons. The molecule has 0 saturated carbocycles. The molecular formula is C19H20O6. The van der Waals surface area contributed by atoms with E-state index in [1.807, 2.05) is 18.2 Å². The van der Waals surface area contributed by atoms with Crippen molar-refractivity contribution < 1.29 is 28.5 Å². The van der Waals surface area contributed by atoms with E-state index in [2.05, 4.69) is 0 Å². The van der Waals surface area contributed by atoms with Gasteiger partial charge in [0, 0.05) is 0 Å². The highest BCUT2D eigenvalue weighted by Crippen LogP contribution is 2.30. The van der Waals surface area contributed by atoms with E-state index >= 15 is 0 Å². The molecule has 0 aliphatic heterocycles. The number of methoxy groups -OCH3 is 3. The predicted octanol–water partition coefficient (Wildman–Crippen LogP) is 3.31. The molecule has 6 nitrogen and oxygen atoms in total. The molecule has 6 heteroatoms. The third kappa shape index (κ3) is 4.91. The monoisotopic (exact) mass is 344 g/mol. The average molecular weight is 344 g/mol. The van der Waals surface area contributed by atoms with Crippen LogP contribution >= 0.6 is 0 Å². The second-order valence-electron chi connectivity index (χ2n) is 4.89. The molecule has 132 valence electrons. The third-order valence-electron chi connectivity index (χ3n) is 3.34. The lowest BCUT2D eigenvalue weighted by molar-refractivity contribution is -0.128. The largest absolute Gasteiger partial charge is 0.493 e. The number of hydrogen-bond donors (Lipinski definition) is 0. The third-order valence-corrected chi connectivity index (χ3v) is 3.34. The molecule has 0 spiro atoms. The molecule has 25 heavy (non-hydrogen) atoms. The molecule has 0 aliphatic carbocycles. The predicted molar refractivity (Wildman–Crippen MR) is 93.2 cm³/mol. The summed E-state index contributed by atoms with van der Waals surface area (Å²) in [5, 5.41) is 0. The van der Waals surface area contributed by atoms with Crippen molar-refractivity contribution in [2.75, 3.05) is 27.9 Å². The van der Waals surface area contributed by atoms with Gasteiger partial charge in [-0.25, -0.2) is 0 Å². The molecule has 0 aromatic heterocycles. The summed E-state index contributed by atoms with van der Waals surface area (Å²) in [6, 6.07) is 12.6. The Balaban J connectivity index is 2.33. The Morgan fingerprint density at radius 1 is 0.880 bits per heavy atom. The van der Waals surface area contributed by atoms with Gasteiger partial charge in [0.05, 0.1) is 21.3 Å². The Hall–Kier alpha value is -3.15. The second kappa shape index (κ2) is 9.22. The first-order valence-electron chi connectivity index (χ1n) is 7.50. The molecule has 0 atom stereocenters. The minimum Gasteiger partial charge on any atom is -0.493 e. The summed E-state index contributed by atoms with van der Waals surface area (Å²) in [6.45, 7) is 0.351. The number of rotatable bonds is 9. The lowest BCUT2D eigenvalue weighted by atomic mass is 10.2. The van der Waals surface area contributed by atoms with Gasteiger partial charge >= 0.3 is 0 Å².